The highest BCUT2D eigenvalue weighted by atomic mass is 16.2. The number of para-hydroxylation sites is 1. The highest BCUT2D eigenvalue weighted by Crippen LogP contribution is 2.27. The number of aryl methyl sites for hydroxylation is 1. The molecule has 0 saturated carbocycles. The van der Waals surface area contributed by atoms with E-state index in [1.807, 2.05) is 30.3 Å². The molecule has 0 saturated heterocycles. The molecule has 4 rings (SSSR count). The van der Waals surface area contributed by atoms with Crippen molar-refractivity contribution in [1.29, 1.82) is 0 Å². The fraction of sp³-hybridized carbons (Fsp3) is 0.211. The van der Waals surface area contributed by atoms with Crippen molar-refractivity contribution in [2.24, 2.45) is 0 Å². The predicted molar refractivity (Wildman–Crippen MR) is 95.7 cm³/mol. The lowest BCUT2D eigenvalue weighted by Gasteiger charge is -2.19. The quantitative estimate of drug-likeness (QED) is 0.688. The van der Waals surface area contributed by atoms with E-state index < -0.39 is 0 Å². The topological polar surface area (TPSA) is 90.6 Å². The molecule has 2 heterocycles. The Morgan fingerprint density at radius 2 is 1.96 bits per heavy atom. The van der Waals surface area contributed by atoms with Crippen LogP contribution in [0, 0.1) is 0 Å². The summed E-state index contributed by atoms with van der Waals surface area (Å²) >= 11 is 0. The standard InChI is InChI=1S/C19H18N4O2/c24-18-11-14(12-5-1-3-7-15(12)21-18)19(25)22-16-8-4-2-6-13(16)17-9-10-20-23-17/h2,4,6,8-11H,1,3,5,7H2,(H,20,23)(H,21,24)(H,22,25). The van der Waals surface area contributed by atoms with Gasteiger partial charge in [0.15, 0.2) is 0 Å². The van der Waals surface area contributed by atoms with E-state index >= 15 is 0 Å². The van der Waals surface area contributed by atoms with Crippen LogP contribution in [0.1, 0.15) is 34.5 Å². The normalized spacial score (nSPS) is 13.3. The van der Waals surface area contributed by atoms with Crippen molar-refractivity contribution in [3.05, 3.63) is 69.8 Å². The summed E-state index contributed by atoms with van der Waals surface area (Å²) in [4.78, 5) is 27.7. The fourth-order valence-corrected chi connectivity index (χ4v) is 3.37. The maximum absolute atomic E-state index is 12.9. The number of anilines is 1. The summed E-state index contributed by atoms with van der Waals surface area (Å²) < 4.78 is 0. The zero-order valence-corrected chi connectivity index (χ0v) is 13.6. The molecule has 1 aromatic carbocycles. The molecule has 1 aliphatic rings. The SMILES string of the molecule is O=C(Nc1ccccc1-c1ccn[nH]1)c1cc(=O)[nH]c2c1CCCC2. The van der Waals surface area contributed by atoms with Crippen LogP contribution >= 0.6 is 0 Å². The molecule has 1 aliphatic carbocycles. The molecule has 0 radical (unpaired) electrons. The van der Waals surface area contributed by atoms with Gasteiger partial charge in [-0.1, -0.05) is 18.2 Å². The molecule has 25 heavy (non-hydrogen) atoms. The van der Waals surface area contributed by atoms with E-state index in [0.717, 1.165) is 48.2 Å². The molecule has 2 aromatic heterocycles. The number of carbonyl (C=O) groups excluding carboxylic acids is 1. The third kappa shape index (κ3) is 2.98. The maximum atomic E-state index is 12.9. The molecule has 0 bridgehead atoms. The number of hydrogen-bond donors (Lipinski definition) is 3. The summed E-state index contributed by atoms with van der Waals surface area (Å²) in [5.41, 5.74) is 4.45. The smallest absolute Gasteiger partial charge is 0.256 e. The highest BCUT2D eigenvalue weighted by Gasteiger charge is 2.20. The van der Waals surface area contributed by atoms with E-state index in [-0.39, 0.29) is 11.5 Å². The van der Waals surface area contributed by atoms with Crippen molar-refractivity contribution in [2.45, 2.75) is 25.7 Å². The average molecular weight is 334 g/mol. The van der Waals surface area contributed by atoms with Gasteiger partial charge in [0, 0.05) is 23.5 Å². The number of rotatable bonds is 3. The van der Waals surface area contributed by atoms with E-state index in [9.17, 15) is 9.59 Å². The average Bonchev–Trinajstić information content (AvgIpc) is 3.16. The largest absolute Gasteiger partial charge is 0.326 e. The number of aromatic amines is 2. The molecule has 126 valence electrons. The number of pyridine rings is 1. The minimum atomic E-state index is -0.254. The lowest BCUT2D eigenvalue weighted by Crippen LogP contribution is -2.23. The van der Waals surface area contributed by atoms with Gasteiger partial charge in [-0.25, -0.2) is 0 Å². The van der Waals surface area contributed by atoms with Crippen molar-refractivity contribution in [2.75, 3.05) is 5.32 Å². The summed E-state index contributed by atoms with van der Waals surface area (Å²) in [6, 6.07) is 10.8. The third-order valence-electron chi connectivity index (χ3n) is 4.55. The van der Waals surface area contributed by atoms with Gasteiger partial charge in [-0.15, -0.1) is 0 Å². The number of benzene rings is 1. The number of hydrogen-bond acceptors (Lipinski definition) is 3. The third-order valence-corrected chi connectivity index (χ3v) is 4.55. The van der Waals surface area contributed by atoms with Crippen molar-refractivity contribution in [3.63, 3.8) is 0 Å². The molecular weight excluding hydrogens is 316 g/mol. The number of amides is 1. The van der Waals surface area contributed by atoms with E-state index in [2.05, 4.69) is 20.5 Å². The van der Waals surface area contributed by atoms with Crippen LogP contribution in [0.5, 0.6) is 0 Å². The Labute approximate surface area is 144 Å². The number of nitrogens with zero attached hydrogens (tertiary/aromatic N) is 1. The van der Waals surface area contributed by atoms with Gasteiger partial charge in [-0.3, -0.25) is 14.7 Å². The van der Waals surface area contributed by atoms with Gasteiger partial charge in [0.25, 0.3) is 5.91 Å². The predicted octanol–water partition coefficient (Wildman–Crippen LogP) is 2.90. The first-order valence-electron chi connectivity index (χ1n) is 8.37. The molecule has 0 spiro atoms. The summed E-state index contributed by atoms with van der Waals surface area (Å²) in [7, 11) is 0. The first kappa shape index (κ1) is 15.4. The minimum absolute atomic E-state index is 0.229. The van der Waals surface area contributed by atoms with Crippen LogP contribution in [0.25, 0.3) is 11.3 Å². The lowest BCUT2D eigenvalue weighted by molar-refractivity contribution is 0.102. The molecule has 3 aromatic rings. The van der Waals surface area contributed by atoms with Crippen molar-refractivity contribution in [1.82, 2.24) is 15.2 Å². The molecule has 0 aliphatic heterocycles. The number of H-pyrrole nitrogens is 2. The Bertz CT molecular complexity index is 973. The first-order valence-corrected chi connectivity index (χ1v) is 8.37. The van der Waals surface area contributed by atoms with Crippen LogP contribution in [-0.4, -0.2) is 21.1 Å². The number of nitrogens with one attached hydrogen (secondary N) is 3. The van der Waals surface area contributed by atoms with Crippen LogP contribution in [0.4, 0.5) is 5.69 Å². The Balaban J connectivity index is 1.71. The fourth-order valence-electron chi connectivity index (χ4n) is 3.37. The number of fused-ring (bicyclic) bond motifs is 1. The summed E-state index contributed by atoms with van der Waals surface area (Å²) in [6.45, 7) is 0. The molecular formula is C19H18N4O2. The van der Waals surface area contributed by atoms with E-state index in [4.69, 9.17) is 0 Å². The van der Waals surface area contributed by atoms with Gasteiger partial charge in [0.2, 0.25) is 5.56 Å². The minimum Gasteiger partial charge on any atom is -0.326 e. The van der Waals surface area contributed by atoms with E-state index in [1.165, 1.54) is 6.07 Å². The van der Waals surface area contributed by atoms with Crippen molar-refractivity contribution >= 4 is 11.6 Å². The molecule has 0 atom stereocenters. The molecule has 0 fully saturated rings. The molecule has 6 nitrogen and oxygen atoms in total. The van der Waals surface area contributed by atoms with Crippen LogP contribution in [-0.2, 0) is 12.8 Å². The second-order valence-corrected chi connectivity index (χ2v) is 6.18. The second-order valence-electron chi connectivity index (χ2n) is 6.18. The van der Waals surface area contributed by atoms with Crippen LogP contribution in [0.2, 0.25) is 0 Å². The highest BCUT2D eigenvalue weighted by molar-refractivity contribution is 6.07. The van der Waals surface area contributed by atoms with Crippen LogP contribution in [0.15, 0.2) is 47.4 Å². The first-order chi connectivity index (χ1) is 12.2. The van der Waals surface area contributed by atoms with Crippen LogP contribution in [0.3, 0.4) is 0 Å². The molecule has 1 amide bonds. The van der Waals surface area contributed by atoms with Crippen molar-refractivity contribution < 1.29 is 4.79 Å². The van der Waals surface area contributed by atoms with Gasteiger partial charge in [0.05, 0.1) is 16.9 Å². The Morgan fingerprint density at radius 1 is 1.12 bits per heavy atom. The van der Waals surface area contributed by atoms with Gasteiger partial charge in [-0.2, -0.15) is 5.10 Å². The van der Waals surface area contributed by atoms with Gasteiger partial charge >= 0.3 is 0 Å². The second kappa shape index (κ2) is 6.39. The Morgan fingerprint density at radius 3 is 2.80 bits per heavy atom. The zero-order valence-electron chi connectivity index (χ0n) is 13.6. The van der Waals surface area contributed by atoms with Gasteiger partial charge in [0.1, 0.15) is 0 Å². The van der Waals surface area contributed by atoms with E-state index in [1.54, 1.807) is 6.20 Å². The molecule has 6 heteroatoms. The molecule has 0 unspecified atom stereocenters. The van der Waals surface area contributed by atoms with Crippen molar-refractivity contribution in [3.8, 4) is 11.3 Å². The summed E-state index contributed by atoms with van der Waals surface area (Å²) in [6.07, 6.45) is 5.37. The number of carbonyl (C=O) groups is 1. The van der Waals surface area contributed by atoms with Gasteiger partial charge < -0.3 is 10.3 Å². The lowest BCUT2D eigenvalue weighted by atomic mass is 9.92. The van der Waals surface area contributed by atoms with Crippen LogP contribution < -0.4 is 10.9 Å². The Kier molecular flexibility index (Phi) is 3.93. The maximum Gasteiger partial charge on any atom is 0.256 e. The zero-order chi connectivity index (χ0) is 17.2. The summed E-state index contributed by atoms with van der Waals surface area (Å²) in [5.74, 6) is -0.254. The molecule has 3 N–H and O–H groups in total. The van der Waals surface area contributed by atoms with Gasteiger partial charge in [-0.05, 0) is 43.4 Å². The van der Waals surface area contributed by atoms with E-state index in [0.29, 0.717) is 11.3 Å². The summed E-state index contributed by atoms with van der Waals surface area (Å²) in [5, 5.41) is 9.83. The number of aromatic nitrogens is 3. The monoisotopic (exact) mass is 334 g/mol. The Hall–Kier alpha value is -3.15.